The molecule has 0 bridgehead atoms. The van der Waals surface area contributed by atoms with Gasteiger partial charge in [0, 0.05) is 31.9 Å². The van der Waals surface area contributed by atoms with Gasteiger partial charge in [-0.25, -0.2) is 0 Å². The fourth-order valence-electron chi connectivity index (χ4n) is 3.21. The summed E-state index contributed by atoms with van der Waals surface area (Å²) in [5.74, 6) is 1.73. The Bertz CT molecular complexity index is 735. The van der Waals surface area contributed by atoms with Crippen LogP contribution in [0, 0.1) is 6.92 Å². The summed E-state index contributed by atoms with van der Waals surface area (Å²) in [4.78, 5) is 21.1. The fraction of sp³-hybridized carbons (Fsp3) is 0.526. The topological polar surface area (TPSA) is 74.5 Å². The van der Waals surface area contributed by atoms with Crippen molar-refractivity contribution < 1.29 is 9.32 Å². The highest BCUT2D eigenvalue weighted by Gasteiger charge is 2.21. The number of nitrogens with one attached hydrogen (secondary N) is 1. The lowest BCUT2D eigenvalue weighted by molar-refractivity contribution is -0.117. The second-order valence-electron chi connectivity index (χ2n) is 7.08. The van der Waals surface area contributed by atoms with Crippen molar-refractivity contribution >= 4 is 11.6 Å². The van der Waals surface area contributed by atoms with Gasteiger partial charge < -0.3 is 9.84 Å². The van der Waals surface area contributed by atoms with Crippen molar-refractivity contribution in [3.63, 3.8) is 0 Å². The molecule has 0 unspecified atom stereocenters. The lowest BCUT2D eigenvalue weighted by atomic mass is 10.0. The van der Waals surface area contributed by atoms with Crippen LogP contribution in [-0.4, -0.2) is 58.6 Å². The maximum absolute atomic E-state index is 12.4. The minimum atomic E-state index is 0.0408. The average molecular weight is 357 g/mol. The Morgan fingerprint density at radius 2 is 1.88 bits per heavy atom. The van der Waals surface area contributed by atoms with Gasteiger partial charge in [0.05, 0.1) is 13.1 Å². The van der Waals surface area contributed by atoms with E-state index in [4.69, 9.17) is 4.52 Å². The van der Waals surface area contributed by atoms with Gasteiger partial charge >= 0.3 is 0 Å². The van der Waals surface area contributed by atoms with E-state index in [1.165, 1.54) is 5.56 Å². The van der Waals surface area contributed by atoms with E-state index in [2.05, 4.69) is 45.2 Å². The first kappa shape index (κ1) is 18.5. The van der Waals surface area contributed by atoms with Crippen molar-refractivity contribution in [1.29, 1.82) is 0 Å². The monoisotopic (exact) mass is 357 g/mol. The largest absolute Gasteiger partial charge is 0.338 e. The second kappa shape index (κ2) is 8.42. The molecule has 1 N–H and O–H groups in total. The Kier molecular flexibility index (Phi) is 6.00. The predicted octanol–water partition coefficient (Wildman–Crippen LogP) is 2.26. The Morgan fingerprint density at radius 3 is 2.54 bits per heavy atom. The number of hydrogen-bond donors (Lipinski definition) is 1. The lowest BCUT2D eigenvalue weighted by Crippen LogP contribution is -2.48. The minimum Gasteiger partial charge on any atom is -0.338 e. The van der Waals surface area contributed by atoms with Crippen molar-refractivity contribution in [3.05, 3.63) is 41.5 Å². The molecule has 1 fully saturated rings. The maximum Gasteiger partial charge on any atom is 0.240 e. The molecule has 7 nitrogen and oxygen atoms in total. The minimum absolute atomic E-state index is 0.0408. The third kappa shape index (κ3) is 4.89. The van der Waals surface area contributed by atoms with Crippen molar-refractivity contribution in [2.75, 3.05) is 38.0 Å². The quantitative estimate of drug-likeness (QED) is 0.855. The highest BCUT2D eigenvalue weighted by atomic mass is 16.5. The van der Waals surface area contributed by atoms with E-state index in [1.54, 1.807) is 0 Å². The Balaban J connectivity index is 1.46. The zero-order chi connectivity index (χ0) is 18.5. The van der Waals surface area contributed by atoms with Crippen molar-refractivity contribution in [2.24, 2.45) is 0 Å². The van der Waals surface area contributed by atoms with Crippen LogP contribution in [-0.2, 0) is 11.3 Å². The number of nitrogens with zero attached hydrogens (tertiary/aromatic N) is 4. The molecule has 0 saturated carbocycles. The molecule has 1 aromatic carbocycles. The molecule has 1 aliphatic heterocycles. The number of carbonyl (C=O) groups excluding carboxylic acids is 1. The molecule has 1 aromatic heterocycles. The maximum atomic E-state index is 12.4. The number of aryl methyl sites for hydroxylation is 1. The average Bonchev–Trinajstić information content (AvgIpc) is 3.02. The van der Waals surface area contributed by atoms with Gasteiger partial charge in [0.15, 0.2) is 5.82 Å². The molecular formula is C19H27N5O2. The van der Waals surface area contributed by atoms with Crippen molar-refractivity contribution in [2.45, 2.75) is 33.2 Å². The zero-order valence-corrected chi connectivity index (χ0v) is 15.7. The molecule has 0 spiro atoms. The highest BCUT2D eigenvalue weighted by molar-refractivity contribution is 5.93. The molecule has 140 valence electrons. The molecule has 26 heavy (non-hydrogen) atoms. The van der Waals surface area contributed by atoms with Gasteiger partial charge in [0.1, 0.15) is 0 Å². The standard InChI is InChI=1S/C19H27N5O2/c1-14(2)16-6-4-5-7-17(16)21-18(25)12-23-8-10-24(11-9-23)13-19-20-15(3)22-26-19/h4-7,14H,8-13H2,1-3H3,(H,21,25). The van der Waals surface area contributed by atoms with E-state index in [-0.39, 0.29) is 5.91 Å². The number of amides is 1. The summed E-state index contributed by atoms with van der Waals surface area (Å²) >= 11 is 0. The van der Waals surface area contributed by atoms with Gasteiger partial charge in [-0.05, 0) is 24.5 Å². The number of para-hydroxylation sites is 1. The molecule has 2 heterocycles. The molecule has 1 saturated heterocycles. The summed E-state index contributed by atoms with van der Waals surface area (Å²) < 4.78 is 5.17. The number of anilines is 1. The molecule has 3 rings (SSSR count). The molecular weight excluding hydrogens is 330 g/mol. The number of benzene rings is 1. The van der Waals surface area contributed by atoms with Gasteiger partial charge in [0.2, 0.25) is 11.8 Å². The van der Waals surface area contributed by atoms with Crippen LogP contribution in [0.5, 0.6) is 0 Å². The summed E-state index contributed by atoms with van der Waals surface area (Å²) in [6.07, 6.45) is 0. The molecule has 7 heteroatoms. The van der Waals surface area contributed by atoms with E-state index in [1.807, 2.05) is 25.1 Å². The molecule has 1 aliphatic rings. The first-order valence-corrected chi connectivity index (χ1v) is 9.14. The first-order valence-electron chi connectivity index (χ1n) is 9.14. The van der Waals surface area contributed by atoms with Crippen molar-refractivity contribution in [3.8, 4) is 0 Å². The lowest BCUT2D eigenvalue weighted by Gasteiger charge is -2.33. The zero-order valence-electron chi connectivity index (χ0n) is 15.7. The van der Waals surface area contributed by atoms with Crippen molar-refractivity contribution in [1.82, 2.24) is 19.9 Å². The van der Waals surface area contributed by atoms with Crippen LogP contribution in [0.1, 0.15) is 37.0 Å². The van der Waals surface area contributed by atoms with Gasteiger partial charge in [0.25, 0.3) is 0 Å². The van der Waals surface area contributed by atoms with E-state index in [9.17, 15) is 4.79 Å². The summed E-state index contributed by atoms with van der Waals surface area (Å²) in [6, 6.07) is 8.00. The van der Waals surface area contributed by atoms with Crippen LogP contribution in [0.3, 0.4) is 0 Å². The normalized spacial score (nSPS) is 16.2. The van der Waals surface area contributed by atoms with E-state index >= 15 is 0 Å². The van der Waals surface area contributed by atoms with E-state index in [0.29, 0.717) is 30.7 Å². The Labute approximate surface area is 154 Å². The summed E-state index contributed by atoms with van der Waals surface area (Å²) in [5.41, 5.74) is 2.08. The Hall–Kier alpha value is -2.25. The summed E-state index contributed by atoms with van der Waals surface area (Å²) in [7, 11) is 0. The number of piperazine rings is 1. The number of aromatic nitrogens is 2. The fourth-order valence-corrected chi connectivity index (χ4v) is 3.21. The second-order valence-corrected chi connectivity index (χ2v) is 7.08. The van der Waals surface area contributed by atoms with Gasteiger partial charge in [-0.3, -0.25) is 14.6 Å². The number of carbonyl (C=O) groups is 1. The van der Waals surface area contributed by atoms with Gasteiger partial charge in [-0.1, -0.05) is 37.2 Å². The SMILES string of the molecule is Cc1noc(CN2CCN(CC(=O)Nc3ccccc3C(C)C)CC2)n1. The number of hydrogen-bond acceptors (Lipinski definition) is 6. The number of rotatable bonds is 6. The molecule has 0 atom stereocenters. The van der Waals surface area contributed by atoms with E-state index < -0.39 is 0 Å². The van der Waals surface area contributed by atoms with Crippen LogP contribution in [0.25, 0.3) is 0 Å². The smallest absolute Gasteiger partial charge is 0.240 e. The van der Waals surface area contributed by atoms with Crippen LogP contribution in [0.2, 0.25) is 0 Å². The van der Waals surface area contributed by atoms with E-state index in [0.717, 1.165) is 31.9 Å². The third-order valence-corrected chi connectivity index (χ3v) is 4.62. The van der Waals surface area contributed by atoms with Crippen LogP contribution >= 0.6 is 0 Å². The Morgan fingerprint density at radius 1 is 1.19 bits per heavy atom. The molecule has 2 aromatic rings. The van der Waals surface area contributed by atoms with Crippen LogP contribution < -0.4 is 5.32 Å². The summed E-state index contributed by atoms with van der Waals surface area (Å²) in [5, 5.41) is 6.89. The van der Waals surface area contributed by atoms with Crippen LogP contribution in [0.15, 0.2) is 28.8 Å². The molecule has 0 aliphatic carbocycles. The van der Waals surface area contributed by atoms with Crippen LogP contribution in [0.4, 0.5) is 5.69 Å². The molecule has 1 amide bonds. The van der Waals surface area contributed by atoms with Gasteiger partial charge in [-0.15, -0.1) is 0 Å². The predicted molar refractivity (Wildman–Crippen MR) is 99.9 cm³/mol. The summed E-state index contributed by atoms with van der Waals surface area (Å²) in [6.45, 7) is 10.7. The first-order chi connectivity index (χ1) is 12.5. The highest BCUT2D eigenvalue weighted by Crippen LogP contribution is 2.23. The molecule has 0 radical (unpaired) electrons. The van der Waals surface area contributed by atoms with Gasteiger partial charge in [-0.2, -0.15) is 4.98 Å². The third-order valence-electron chi connectivity index (χ3n) is 4.62.